The van der Waals surface area contributed by atoms with Crippen LogP contribution in [0, 0.1) is 5.41 Å². The Morgan fingerprint density at radius 2 is 1.81 bits per heavy atom. The molecule has 0 N–H and O–H groups in total. The van der Waals surface area contributed by atoms with E-state index in [4.69, 9.17) is 16.3 Å². The second kappa shape index (κ2) is 9.52. The maximum atomic E-state index is 12.7. The Morgan fingerprint density at radius 3 is 2.44 bits per heavy atom. The standard InChI is InChI=1S/C20H22ClNO2S.C2H6/c1-4-22-17-10-5-14(12-25-16-8-6-15(21)7-9-16)11-18(17)24-13-20(2,3)19(22)23;1-2/h5-11H,4,12-13H2,1-3H3;1-2H3. The van der Waals surface area contributed by atoms with Gasteiger partial charge in [0.05, 0.1) is 11.1 Å². The lowest BCUT2D eigenvalue weighted by molar-refractivity contribution is -0.127. The van der Waals surface area contributed by atoms with E-state index in [0.717, 1.165) is 22.2 Å². The van der Waals surface area contributed by atoms with Crippen molar-refractivity contribution in [1.82, 2.24) is 0 Å². The van der Waals surface area contributed by atoms with Crippen LogP contribution in [-0.2, 0) is 10.5 Å². The fourth-order valence-electron chi connectivity index (χ4n) is 2.79. The van der Waals surface area contributed by atoms with E-state index >= 15 is 0 Å². The van der Waals surface area contributed by atoms with Gasteiger partial charge < -0.3 is 9.64 Å². The monoisotopic (exact) mass is 405 g/mol. The lowest BCUT2D eigenvalue weighted by atomic mass is 9.93. The van der Waals surface area contributed by atoms with E-state index in [1.54, 1.807) is 11.8 Å². The highest BCUT2D eigenvalue weighted by Crippen LogP contribution is 2.38. The number of benzene rings is 2. The van der Waals surface area contributed by atoms with Gasteiger partial charge in [-0.1, -0.05) is 31.5 Å². The minimum atomic E-state index is -0.521. The topological polar surface area (TPSA) is 29.5 Å². The van der Waals surface area contributed by atoms with Gasteiger partial charge in [-0.2, -0.15) is 0 Å². The zero-order valence-electron chi connectivity index (χ0n) is 16.7. The van der Waals surface area contributed by atoms with Crippen LogP contribution in [0.25, 0.3) is 0 Å². The highest BCUT2D eigenvalue weighted by atomic mass is 35.5. The molecule has 0 bridgehead atoms. The van der Waals surface area contributed by atoms with Crippen LogP contribution >= 0.6 is 23.4 Å². The number of thioether (sulfide) groups is 1. The third kappa shape index (κ3) is 5.20. The highest BCUT2D eigenvalue weighted by Gasteiger charge is 2.37. The fraction of sp³-hybridized carbons (Fsp3) is 0.409. The van der Waals surface area contributed by atoms with Crippen molar-refractivity contribution in [2.75, 3.05) is 18.1 Å². The Balaban J connectivity index is 0.00000126. The first-order chi connectivity index (χ1) is 12.9. The molecule has 0 unspecified atom stereocenters. The van der Waals surface area contributed by atoms with E-state index in [9.17, 15) is 4.79 Å². The summed E-state index contributed by atoms with van der Waals surface area (Å²) in [6, 6.07) is 14.0. The number of hydrogen-bond acceptors (Lipinski definition) is 3. The predicted molar refractivity (Wildman–Crippen MR) is 116 cm³/mol. The van der Waals surface area contributed by atoms with Crippen molar-refractivity contribution in [3.05, 3.63) is 53.1 Å². The van der Waals surface area contributed by atoms with Gasteiger partial charge in [-0.3, -0.25) is 4.79 Å². The SMILES string of the molecule is CC.CCN1C(=O)C(C)(C)COc2cc(CSc3ccc(Cl)cc3)ccc21. The maximum absolute atomic E-state index is 12.7. The van der Waals surface area contributed by atoms with Gasteiger partial charge in [-0.25, -0.2) is 0 Å². The summed E-state index contributed by atoms with van der Waals surface area (Å²) in [5.41, 5.74) is 1.51. The minimum Gasteiger partial charge on any atom is -0.490 e. The van der Waals surface area contributed by atoms with Crippen molar-refractivity contribution in [2.45, 2.75) is 45.3 Å². The number of carbonyl (C=O) groups excluding carboxylic acids is 1. The van der Waals surface area contributed by atoms with Crippen LogP contribution in [0.2, 0.25) is 5.02 Å². The Kier molecular flexibility index (Phi) is 7.63. The largest absolute Gasteiger partial charge is 0.490 e. The van der Waals surface area contributed by atoms with E-state index in [-0.39, 0.29) is 5.91 Å². The van der Waals surface area contributed by atoms with E-state index in [1.165, 1.54) is 10.5 Å². The van der Waals surface area contributed by atoms with Crippen LogP contribution in [0.3, 0.4) is 0 Å². The van der Waals surface area contributed by atoms with Gasteiger partial charge in [0.25, 0.3) is 0 Å². The quantitative estimate of drug-likeness (QED) is 0.549. The predicted octanol–water partition coefficient (Wildman–Crippen LogP) is 6.43. The minimum absolute atomic E-state index is 0.108. The van der Waals surface area contributed by atoms with Crippen molar-refractivity contribution in [1.29, 1.82) is 0 Å². The second-order valence-electron chi connectivity index (χ2n) is 6.77. The normalized spacial score (nSPS) is 15.2. The fourth-order valence-corrected chi connectivity index (χ4v) is 3.76. The molecule has 146 valence electrons. The number of amides is 1. The van der Waals surface area contributed by atoms with Gasteiger partial charge in [0.2, 0.25) is 5.91 Å². The molecular formula is C22H28ClNO2S. The molecule has 0 saturated carbocycles. The molecule has 0 saturated heterocycles. The molecule has 2 aromatic rings. The number of carbonyl (C=O) groups is 1. The van der Waals surface area contributed by atoms with Crippen molar-refractivity contribution < 1.29 is 9.53 Å². The molecule has 1 amide bonds. The number of hydrogen-bond donors (Lipinski definition) is 0. The summed E-state index contributed by atoms with van der Waals surface area (Å²) in [6.07, 6.45) is 0. The Bertz CT molecular complexity index is 774. The molecule has 0 spiro atoms. The van der Waals surface area contributed by atoms with Crippen LogP contribution in [0.15, 0.2) is 47.4 Å². The first-order valence-corrected chi connectivity index (χ1v) is 10.7. The first kappa shape index (κ1) is 21.6. The van der Waals surface area contributed by atoms with E-state index in [2.05, 4.69) is 12.1 Å². The van der Waals surface area contributed by atoms with Gasteiger partial charge in [-0.05, 0) is 62.7 Å². The van der Waals surface area contributed by atoms with Gasteiger partial charge in [-0.15, -0.1) is 11.8 Å². The molecule has 27 heavy (non-hydrogen) atoms. The molecule has 2 aromatic carbocycles. The average molecular weight is 406 g/mol. The van der Waals surface area contributed by atoms with Crippen LogP contribution in [0.4, 0.5) is 5.69 Å². The molecule has 1 heterocycles. The van der Waals surface area contributed by atoms with Crippen LogP contribution in [-0.4, -0.2) is 19.1 Å². The summed E-state index contributed by atoms with van der Waals surface area (Å²) in [5, 5.41) is 0.745. The summed E-state index contributed by atoms with van der Waals surface area (Å²) in [5.74, 6) is 1.73. The van der Waals surface area contributed by atoms with Crippen molar-refractivity contribution >= 4 is 35.0 Å². The Labute approximate surface area is 172 Å². The van der Waals surface area contributed by atoms with Gasteiger partial charge >= 0.3 is 0 Å². The molecule has 1 aliphatic rings. The first-order valence-electron chi connectivity index (χ1n) is 9.37. The van der Waals surface area contributed by atoms with E-state index in [0.29, 0.717) is 13.2 Å². The van der Waals surface area contributed by atoms with E-state index in [1.807, 2.05) is 69.9 Å². The zero-order chi connectivity index (χ0) is 20.0. The van der Waals surface area contributed by atoms with Gasteiger partial charge in [0.15, 0.2) is 0 Å². The van der Waals surface area contributed by atoms with Gasteiger partial charge in [0.1, 0.15) is 12.4 Å². The third-order valence-corrected chi connectivity index (χ3v) is 5.60. The number of ether oxygens (including phenoxy) is 1. The number of rotatable bonds is 4. The van der Waals surface area contributed by atoms with Crippen LogP contribution in [0.1, 0.15) is 40.2 Å². The summed E-state index contributed by atoms with van der Waals surface area (Å²) in [4.78, 5) is 15.7. The van der Waals surface area contributed by atoms with Crippen molar-refractivity contribution in [3.63, 3.8) is 0 Å². The molecule has 0 atom stereocenters. The molecular weight excluding hydrogens is 378 g/mol. The second-order valence-corrected chi connectivity index (χ2v) is 8.25. The summed E-state index contributed by atoms with van der Waals surface area (Å²) in [7, 11) is 0. The van der Waals surface area contributed by atoms with Crippen LogP contribution in [0.5, 0.6) is 5.75 Å². The molecule has 0 fully saturated rings. The Morgan fingerprint density at radius 1 is 1.15 bits per heavy atom. The molecule has 0 aliphatic carbocycles. The molecule has 0 radical (unpaired) electrons. The lowest BCUT2D eigenvalue weighted by Gasteiger charge is -2.26. The summed E-state index contributed by atoms with van der Waals surface area (Å²) in [6.45, 7) is 10.9. The van der Waals surface area contributed by atoms with Crippen LogP contribution < -0.4 is 9.64 Å². The maximum Gasteiger partial charge on any atom is 0.236 e. The van der Waals surface area contributed by atoms with Crippen molar-refractivity contribution in [3.8, 4) is 5.75 Å². The molecule has 5 heteroatoms. The smallest absolute Gasteiger partial charge is 0.236 e. The molecule has 3 rings (SSSR count). The van der Waals surface area contributed by atoms with E-state index < -0.39 is 5.41 Å². The lowest BCUT2D eigenvalue weighted by Crippen LogP contribution is -2.42. The average Bonchev–Trinajstić information content (AvgIpc) is 2.77. The molecule has 3 nitrogen and oxygen atoms in total. The third-order valence-electron chi connectivity index (χ3n) is 4.26. The zero-order valence-corrected chi connectivity index (χ0v) is 18.3. The molecule has 1 aliphatic heterocycles. The Hall–Kier alpha value is -1.65. The highest BCUT2D eigenvalue weighted by molar-refractivity contribution is 7.98. The summed E-state index contributed by atoms with van der Waals surface area (Å²) < 4.78 is 5.99. The summed E-state index contributed by atoms with van der Waals surface area (Å²) >= 11 is 7.68. The number of anilines is 1. The van der Waals surface area contributed by atoms with Crippen molar-refractivity contribution in [2.24, 2.45) is 5.41 Å². The van der Waals surface area contributed by atoms with Gasteiger partial charge in [0, 0.05) is 22.2 Å². The number of nitrogens with zero attached hydrogens (tertiary/aromatic N) is 1. The number of fused-ring (bicyclic) bond motifs is 1. The number of halogens is 1. The molecule has 0 aromatic heterocycles.